The molecule has 0 atom stereocenters. The molecule has 1 heterocycles. The third-order valence-corrected chi connectivity index (χ3v) is 7.79. The van der Waals surface area contributed by atoms with Gasteiger partial charge in [0.25, 0.3) is 5.56 Å². The van der Waals surface area contributed by atoms with E-state index >= 15 is 0 Å². The van der Waals surface area contributed by atoms with Crippen LogP contribution in [0.15, 0.2) is 93.2 Å². The molecule has 0 radical (unpaired) electrons. The fourth-order valence-electron chi connectivity index (χ4n) is 4.85. The van der Waals surface area contributed by atoms with Crippen LogP contribution in [0.1, 0.15) is 48.9 Å². The SMILES string of the molecule is CCOc1cc(C)c(-c2nc3ccccc3c(=O)n2N=Cc2cc(OC)c(OCc3ccccc3)cc2Br)cc1C(C)C. The van der Waals surface area contributed by atoms with Crippen LogP contribution in [0.4, 0.5) is 0 Å². The molecule has 0 saturated carbocycles. The first-order chi connectivity index (χ1) is 20.8. The van der Waals surface area contributed by atoms with Crippen molar-refractivity contribution in [2.75, 3.05) is 13.7 Å². The van der Waals surface area contributed by atoms with Gasteiger partial charge in [-0.1, -0.05) is 56.3 Å². The summed E-state index contributed by atoms with van der Waals surface area (Å²) in [4.78, 5) is 18.8. The van der Waals surface area contributed by atoms with Gasteiger partial charge in [-0.3, -0.25) is 4.79 Å². The molecule has 1 aromatic heterocycles. The fourth-order valence-corrected chi connectivity index (χ4v) is 5.28. The number of nitrogens with zero attached hydrogens (tertiary/aromatic N) is 3. The number of aryl methyl sites for hydroxylation is 1. The molecule has 0 fully saturated rings. The summed E-state index contributed by atoms with van der Waals surface area (Å²) in [6.45, 7) is 9.17. The van der Waals surface area contributed by atoms with Crippen LogP contribution in [0.3, 0.4) is 0 Å². The molecule has 0 aliphatic rings. The predicted molar refractivity (Wildman–Crippen MR) is 176 cm³/mol. The third kappa shape index (κ3) is 6.49. The lowest BCUT2D eigenvalue weighted by Gasteiger charge is -2.18. The summed E-state index contributed by atoms with van der Waals surface area (Å²) in [5, 5.41) is 5.18. The van der Waals surface area contributed by atoms with Gasteiger partial charge in [-0.15, -0.1) is 0 Å². The highest BCUT2D eigenvalue weighted by atomic mass is 79.9. The van der Waals surface area contributed by atoms with Gasteiger partial charge in [-0.05, 0) is 88.8 Å². The van der Waals surface area contributed by atoms with Gasteiger partial charge in [0.1, 0.15) is 12.4 Å². The van der Waals surface area contributed by atoms with E-state index in [0.717, 1.165) is 32.5 Å². The Bertz CT molecular complexity index is 1850. The Labute approximate surface area is 259 Å². The van der Waals surface area contributed by atoms with Crippen LogP contribution in [0.2, 0.25) is 0 Å². The first-order valence-corrected chi connectivity index (χ1v) is 15.0. The number of aromatic nitrogens is 2. The van der Waals surface area contributed by atoms with Gasteiger partial charge in [-0.2, -0.15) is 9.78 Å². The Balaban J connectivity index is 1.60. The molecule has 0 spiro atoms. The number of benzene rings is 4. The molecule has 0 aliphatic carbocycles. The van der Waals surface area contributed by atoms with Crippen molar-refractivity contribution in [3.05, 3.63) is 116 Å². The van der Waals surface area contributed by atoms with Crippen molar-refractivity contribution in [1.82, 2.24) is 9.66 Å². The molecule has 4 aromatic carbocycles. The molecule has 0 aliphatic heterocycles. The molecular formula is C35H34BrN3O4. The van der Waals surface area contributed by atoms with Crippen LogP contribution >= 0.6 is 15.9 Å². The number of hydrogen-bond donors (Lipinski definition) is 0. The lowest BCUT2D eigenvalue weighted by molar-refractivity contribution is 0.284. The van der Waals surface area contributed by atoms with Crippen molar-refractivity contribution in [3.63, 3.8) is 0 Å². The summed E-state index contributed by atoms with van der Waals surface area (Å²) in [5.74, 6) is 2.63. The van der Waals surface area contributed by atoms with E-state index in [1.165, 1.54) is 4.68 Å². The second kappa shape index (κ2) is 13.3. The maximum Gasteiger partial charge on any atom is 0.282 e. The van der Waals surface area contributed by atoms with Crippen LogP contribution in [-0.2, 0) is 6.61 Å². The smallest absolute Gasteiger partial charge is 0.282 e. The zero-order chi connectivity index (χ0) is 30.5. The van der Waals surface area contributed by atoms with Crippen LogP contribution < -0.4 is 19.8 Å². The van der Waals surface area contributed by atoms with Gasteiger partial charge in [0.15, 0.2) is 17.3 Å². The largest absolute Gasteiger partial charge is 0.494 e. The Kier molecular flexibility index (Phi) is 9.26. The molecule has 0 saturated heterocycles. The Morgan fingerprint density at radius 2 is 1.70 bits per heavy atom. The van der Waals surface area contributed by atoms with Gasteiger partial charge in [0, 0.05) is 15.6 Å². The highest BCUT2D eigenvalue weighted by Gasteiger charge is 2.19. The van der Waals surface area contributed by atoms with Gasteiger partial charge in [-0.25, -0.2) is 4.98 Å². The van der Waals surface area contributed by atoms with Crippen LogP contribution in [0.25, 0.3) is 22.3 Å². The third-order valence-electron chi connectivity index (χ3n) is 7.11. The average molecular weight is 641 g/mol. The summed E-state index contributed by atoms with van der Waals surface area (Å²) in [6, 6.07) is 25.0. The summed E-state index contributed by atoms with van der Waals surface area (Å²) in [7, 11) is 1.59. The number of halogens is 1. The number of para-hydroxylation sites is 1. The van der Waals surface area contributed by atoms with Crippen molar-refractivity contribution < 1.29 is 14.2 Å². The second-order valence-corrected chi connectivity index (χ2v) is 11.3. The fraction of sp³-hybridized carbons (Fsp3) is 0.229. The molecular weight excluding hydrogens is 606 g/mol. The predicted octanol–water partition coefficient (Wildman–Crippen LogP) is 8.13. The zero-order valence-corrected chi connectivity index (χ0v) is 26.5. The number of hydrogen-bond acceptors (Lipinski definition) is 6. The van der Waals surface area contributed by atoms with E-state index in [2.05, 4.69) is 35.8 Å². The number of methoxy groups -OCH3 is 1. The monoisotopic (exact) mass is 639 g/mol. The van der Waals surface area contributed by atoms with Gasteiger partial charge >= 0.3 is 0 Å². The highest BCUT2D eigenvalue weighted by molar-refractivity contribution is 9.10. The summed E-state index contributed by atoms with van der Waals surface area (Å²) in [6.07, 6.45) is 1.63. The van der Waals surface area contributed by atoms with E-state index in [0.29, 0.717) is 47.0 Å². The second-order valence-electron chi connectivity index (χ2n) is 10.4. The average Bonchev–Trinajstić information content (AvgIpc) is 3.01. The zero-order valence-electron chi connectivity index (χ0n) is 24.9. The topological polar surface area (TPSA) is 74.9 Å². The Hall–Kier alpha value is -4.43. The first-order valence-electron chi connectivity index (χ1n) is 14.2. The molecule has 220 valence electrons. The van der Waals surface area contributed by atoms with E-state index in [-0.39, 0.29) is 11.5 Å². The quantitative estimate of drug-likeness (QED) is 0.144. The minimum atomic E-state index is -0.262. The summed E-state index contributed by atoms with van der Waals surface area (Å²) in [5.41, 5.74) is 4.89. The number of rotatable bonds is 10. The molecule has 7 nitrogen and oxygen atoms in total. The lowest BCUT2D eigenvalue weighted by Crippen LogP contribution is -2.21. The van der Waals surface area contributed by atoms with E-state index in [4.69, 9.17) is 24.3 Å². The van der Waals surface area contributed by atoms with Crippen molar-refractivity contribution in [1.29, 1.82) is 0 Å². The van der Waals surface area contributed by atoms with E-state index in [9.17, 15) is 4.79 Å². The maximum atomic E-state index is 13.9. The molecule has 0 unspecified atom stereocenters. The van der Waals surface area contributed by atoms with E-state index in [1.54, 1.807) is 19.4 Å². The molecule has 0 N–H and O–H groups in total. The minimum absolute atomic E-state index is 0.205. The lowest BCUT2D eigenvalue weighted by atomic mass is 9.96. The molecule has 0 amide bonds. The number of ether oxygens (including phenoxy) is 3. The van der Waals surface area contributed by atoms with Gasteiger partial charge in [0.2, 0.25) is 0 Å². The van der Waals surface area contributed by atoms with Crippen molar-refractivity contribution >= 4 is 33.0 Å². The van der Waals surface area contributed by atoms with Gasteiger partial charge in [0.05, 0.1) is 30.8 Å². The standard InChI is InChI=1S/C35H34BrN3O4/c1-6-42-31-16-23(4)28(18-27(31)22(2)3)34-38-30-15-11-10-14-26(30)35(40)39(34)37-20-25-17-32(41-5)33(19-29(25)36)43-21-24-12-8-7-9-13-24/h7-20,22H,6,21H2,1-5H3. The van der Waals surface area contributed by atoms with Crippen molar-refractivity contribution in [2.24, 2.45) is 5.10 Å². The molecule has 43 heavy (non-hydrogen) atoms. The maximum absolute atomic E-state index is 13.9. The van der Waals surface area contributed by atoms with Crippen molar-refractivity contribution in [2.45, 2.75) is 40.2 Å². The van der Waals surface area contributed by atoms with Crippen LogP contribution in [0, 0.1) is 6.92 Å². The molecule has 0 bridgehead atoms. The molecule has 8 heteroatoms. The van der Waals surface area contributed by atoms with E-state index in [1.807, 2.05) is 80.6 Å². The summed E-state index contributed by atoms with van der Waals surface area (Å²) < 4.78 is 19.7. The Morgan fingerprint density at radius 1 is 0.953 bits per heavy atom. The minimum Gasteiger partial charge on any atom is -0.494 e. The first kappa shape index (κ1) is 30.0. The highest BCUT2D eigenvalue weighted by Crippen LogP contribution is 2.35. The van der Waals surface area contributed by atoms with Crippen LogP contribution in [0.5, 0.6) is 17.2 Å². The summed E-state index contributed by atoms with van der Waals surface area (Å²) >= 11 is 3.65. The van der Waals surface area contributed by atoms with Crippen LogP contribution in [-0.4, -0.2) is 29.6 Å². The normalized spacial score (nSPS) is 11.4. The van der Waals surface area contributed by atoms with E-state index < -0.39 is 0 Å². The molecule has 5 aromatic rings. The van der Waals surface area contributed by atoms with Gasteiger partial charge < -0.3 is 14.2 Å². The number of fused-ring (bicyclic) bond motifs is 1. The van der Waals surface area contributed by atoms with Crippen molar-refractivity contribution in [3.8, 4) is 28.6 Å². The molecule has 5 rings (SSSR count). The Morgan fingerprint density at radius 3 is 2.42 bits per heavy atom.